The van der Waals surface area contributed by atoms with Gasteiger partial charge in [0.2, 0.25) is 0 Å². The summed E-state index contributed by atoms with van der Waals surface area (Å²) in [4.78, 5) is 11.6. The molecule has 0 aromatic rings. The molecule has 0 aromatic heterocycles. The molecule has 1 unspecified atom stereocenters. The molecule has 2 heteroatoms. The number of Topliss-reactive ketones (excluding diaryl/α,β-unsaturated/α-hetero) is 1. The van der Waals surface area contributed by atoms with Gasteiger partial charge in [0, 0.05) is 18.9 Å². The van der Waals surface area contributed by atoms with Crippen molar-refractivity contribution in [2.24, 2.45) is 17.6 Å². The van der Waals surface area contributed by atoms with Crippen LogP contribution in [0.4, 0.5) is 0 Å². The Morgan fingerprint density at radius 2 is 1.93 bits per heavy atom. The number of hydrogen-bond donors (Lipinski definition) is 1. The van der Waals surface area contributed by atoms with Crippen LogP contribution in [0, 0.1) is 11.8 Å². The number of ketones is 1. The van der Waals surface area contributed by atoms with Gasteiger partial charge in [0.05, 0.1) is 0 Å². The number of nitrogens with two attached hydrogens (primary N) is 1. The smallest absolute Gasteiger partial charge is 0.134 e. The van der Waals surface area contributed by atoms with Gasteiger partial charge in [0.25, 0.3) is 0 Å². The molecule has 0 aliphatic heterocycles. The molecule has 1 fully saturated rings. The second-order valence-electron chi connectivity index (χ2n) is 5.01. The summed E-state index contributed by atoms with van der Waals surface area (Å²) in [5.41, 5.74) is 5.87. The van der Waals surface area contributed by atoms with Gasteiger partial charge in [0.1, 0.15) is 5.78 Å². The molecular weight excluding hydrogens is 174 g/mol. The fourth-order valence-corrected chi connectivity index (χ4v) is 2.12. The van der Waals surface area contributed by atoms with E-state index in [2.05, 4.69) is 13.8 Å². The third-order valence-corrected chi connectivity index (χ3v) is 3.31. The molecule has 0 heterocycles. The van der Waals surface area contributed by atoms with Gasteiger partial charge in [-0.05, 0) is 11.8 Å². The van der Waals surface area contributed by atoms with Crippen LogP contribution in [-0.4, -0.2) is 11.8 Å². The molecule has 1 saturated carbocycles. The minimum absolute atomic E-state index is 0.0592. The molecule has 0 bridgehead atoms. The standard InChI is InChI=1S/C12H23NO/c1-9(2)12(13)8-11(14)7-10-5-3-4-6-10/h9-10,12H,3-8,13H2,1-2H3. The Hall–Kier alpha value is -0.370. The summed E-state index contributed by atoms with van der Waals surface area (Å²) in [5.74, 6) is 1.46. The molecule has 1 aliphatic rings. The minimum Gasteiger partial charge on any atom is -0.327 e. The van der Waals surface area contributed by atoms with Gasteiger partial charge in [0.15, 0.2) is 0 Å². The van der Waals surface area contributed by atoms with Crippen molar-refractivity contribution in [3.05, 3.63) is 0 Å². The highest BCUT2D eigenvalue weighted by Gasteiger charge is 2.20. The van der Waals surface area contributed by atoms with Crippen molar-refractivity contribution < 1.29 is 4.79 Å². The molecule has 2 N–H and O–H groups in total. The normalized spacial score (nSPS) is 20.3. The average molecular weight is 197 g/mol. The van der Waals surface area contributed by atoms with Gasteiger partial charge < -0.3 is 5.73 Å². The number of carbonyl (C=O) groups excluding carboxylic acids is 1. The highest BCUT2D eigenvalue weighted by molar-refractivity contribution is 5.79. The predicted octanol–water partition coefficient (Wildman–Crippen LogP) is 2.51. The fourth-order valence-electron chi connectivity index (χ4n) is 2.12. The van der Waals surface area contributed by atoms with Gasteiger partial charge in [-0.1, -0.05) is 39.5 Å². The summed E-state index contributed by atoms with van der Waals surface area (Å²) in [6.07, 6.45) is 6.49. The Morgan fingerprint density at radius 1 is 1.36 bits per heavy atom. The summed E-state index contributed by atoms with van der Waals surface area (Å²) in [5, 5.41) is 0. The first kappa shape index (κ1) is 11.7. The molecule has 14 heavy (non-hydrogen) atoms. The van der Waals surface area contributed by atoms with Crippen LogP contribution in [-0.2, 0) is 4.79 Å². The van der Waals surface area contributed by atoms with Gasteiger partial charge in [-0.3, -0.25) is 4.79 Å². The van der Waals surface area contributed by atoms with Crippen LogP contribution in [0.25, 0.3) is 0 Å². The summed E-state index contributed by atoms with van der Waals surface area (Å²) in [6.45, 7) is 4.15. The maximum atomic E-state index is 11.6. The summed E-state index contributed by atoms with van der Waals surface area (Å²) < 4.78 is 0. The van der Waals surface area contributed by atoms with Crippen molar-refractivity contribution in [1.29, 1.82) is 0 Å². The Kier molecular flexibility index (Phi) is 4.59. The molecule has 0 saturated heterocycles. The molecular formula is C12H23NO. The molecule has 2 nitrogen and oxygen atoms in total. The van der Waals surface area contributed by atoms with Crippen molar-refractivity contribution in [2.75, 3.05) is 0 Å². The molecule has 82 valence electrons. The Morgan fingerprint density at radius 3 is 2.43 bits per heavy atom. The van der Waals surface area contributed by atoms with Crippen LogP contribution < -0.4 is 5.73 Å². The number of carbonyl (C=O) groups is 1. The van der Waals surface area contributed by atoms with E-state index in [1.165, 1.54) is 25.7 Å². The van der Waals surface area contributed by atoms with Crippen molar-refractivity contribution in [1.82, 2.24) is 0 Å². The maximum absolute atomic E-state index is 11.6. The lowest BCUT2D eigenvalue weighted by atomic mass is 9.94. The van der Waals surface area contributed by atoms with E-state index in [4.69, 9.17) is 5.73 Å². The Balaban J connectivity index is 2.21. The van der Waals surface area contributed by atoms with Crippen LogP contribution in [0.15, 0.2) is 0 Å². The molecule has 0 radical (unpaired) electrons. The van der Waals surface area contributed by atoms with E-state index < -0.39 is 0 Å². The van der Waals surface area contributed by atoms with Crippen LogP contribution in [0.1, 0.15) is 52.4 Å². The third kappa shape index (κ3) is 3.79. The average Bonchev–Trinajstić information content (AvgIpc) is 2.56. The highest BCUT2D eigenvalue weighted by atomic mass is 16.1. The molecule has 0 aromatic carbocycles. The van der Waals surface area contributed by atoms with Crippen molar-refractivity contribution in [3.8, 4) is 0 Å². The van der Waals surface area contributed by atoms with Gasteiger partial charge in [-0.25, -0.2) is 0 Å². The minimum atomic E-state index is 0.0592. The monoisotopic (exact) mass is 197 g/mol. The second kappa shape index (κ2) is 5.50. The number of hydrogen-bond acceptors (Lipinski definition) is 2. The van der Waals surface area contributed by atoms with Crippen molar-refractivity contribution in [3.63, 3.8) is 0 Å². The first-order chi connectivity index (χ1) is 6.59. The summed E-state index contributed by atoms with van der Waals surface area (Å²) in [7, 11) is 0. The zero-order valence-corrected chi connectivity index (χ0v) is 9.46. The maximum Gasteiger partial charge on any atom is 0.134 e. The Bertz CT molecular complexity index is 177. The Labute approximate surface area is 87.2 Å². The van der Waals surface area contributed by atoms with Crippen LogP contribution in [0.3, 0.4) is 0 Å². The van der Waals surface area contributed by atoms with Crippen LogP contribution in [0.2, 0.25) is 0 Å². The second-order valence-corrected chi connectivity index (χ2v) is 5.01. The lowest BCUT2D eigenvalue weighted by molar-refractivity contribution is -0.120. The quantitative estimate of drug-likeness (QED) is 0.736. The summed E-state index contributed by atoms with van der Waals surface area (Å²) in [6, 6.07) is 0.0592. The lowest BCUT2D eigenvalue weighted by Gasteiger charge is -2.15. The van der Waals surface area contributed by atoms with E-state index in [0.29, 0.717) is 24.0 Å². The van der Waals surface area contributed by atoms with E-state index in [1.807, 2.05) is 0 Å². The van der Waals surface area contributed by atoms with Crippen molar-refractivity contribution in [2.45, 2.75) is 58.4 Å². The van der Waals surface area contributed by atoms with Crippen LogP contribution in [0.5, 0.6) is 0 Å². The van der Waals surface area contributed by atoms with E-state index in [9.17, 15) is 4.79 Å². The first-order valence-corrected chi connectivity index (χ1v) is 5.87. The molecule has 1 aliphatic carbocycles. The SMILES string of the molecule is CC(C)C(N)CC(=O)CC1CCCC1. The molecule has 1 atom stereocenters. The lowest BCUT2D eigenvalue weighted by Crippen LogP contribution is -2.29. The highest BCUT2D eigenvalue weighted by Crippen LogP contribution is 2.28. The largest absolute Gasteiger partial charge is 0.327 e. The van der Waals surface area contributed by atoms with E-state index in [1.54, 1.807) is 0 Å². The predicted molar refractivity (Wildman–Crippen MR) is 59.0 cm³/mol. The zero-order chi connectivity index (χ0) is 10.6. The van der Waals surface area contributed by atoms with E-state index in [-0.39, 0.29) is 6.04 Å². The van der Waals surface area contributed by atoms with Gasteiger partial charge in [-0.2, -0.15) is 0 Å². The van der Waals surface area contributed by atoms with Gasteiger partial charge >= 0.3 is 0 Å². The topological polar surface area (TPSA) is 43.1 Å². The van der Waals surface area contributed by atoms with Gasteiger partial charge in [-0.15, -0.1) is 0 Å². The molecule has 0 spiro atoms. The summed E-state index contributed by atoms with van der Waals surface area (Å²) >= 11 is 0. The van der Waals surface area contributed by atoms with E-state index in [0.717, 1.165) is 6.42 Å². The number of rotatable bonds is 5. The first-order valence-electron chi connectivity index (χ1n) is 5.87. The zero-order valence-electron chi connectivity index (χ0n) is 9.46. The fraction of sp³-hybridized carbons (Fsp3) is 0.917. The molecule has 0 amide bonds. The third-order valence-electron chi connectivity index (χ3n) is 3.31. The van der Waals surface area contributed by atoms with E-state index >= 15 is 0 Å². The molecule has 1 rings (SSSR count). The van der Waals surface area contributed by atoms with Crippen LogP contribution >= 0.6 is 0 Å². The van der Waals surface area contributed by atoms with Crippen molar-refractivity contribution >= 4 is 5.78 Å².